The Bertz CT molecular complexity index is 3470. The van der Waals surface area contributed by atoms with Crippen LogP contribution in [0, 0.1) is 5.92 Å². The van der Waals surface area contributed by atoms with Crippen molar-refractivity contribution in [3.8, 4) is 61.8 Å². The first-order valence-corrected chi connectivity index (χ1v) is 21.0. The first-order chi connectivity index (χ1) is 30.2. The van der Waals surface area contributed by atoms with Crippen LogP contribution >= 0.6 is 0 Å². The minimum atomic E-state index is -0.453. The van der Waals surface area contributed by atoms with Crippen LogP contribution < -0.4 is 4.74 Å². The van der Waals surface area contributed by atoms with Gasteiger partial charge in [0.05, 0.1) is 5.41 Å². The van der Waals surface area contributed by atoms with E-state index in [1.165, 1.54) is 44.2 Å². The number of rotatable bonds is 4. The Kier molecular flexibility index (Phi) is 7.31. The van der Waals surface area contributed by atoms with E-state index >= 15 is 0 Å². The summed E-state index contributed by atoms with van der Waals surface area (Å²) >= 11 is 0. The van der Waals surface area contributed by atoms with Crippen LogP contribution in [-0.2, 0) is 5.41 Å². The molecule has 3 aliphatic rings. The quantitative estimate of drug-likeness (QED) is 0.178. The number of hydrogen-bond acceptors (Lipinski definition) is 4. The molecular weight excluding hydrogens is 745 g/mol. The summed E-state index contributed by atoms with van der Waals surface area (Å²) < 4.78 is 13.4. The van der Waals surface area contributed by atoms with Gasteiger partial charge >= 0.3 is 0 Å². The molecule has 61 heavy (non-hydrogen) atoms. The first-order valence-electron chi connectivity index (χ1n) is 21.0. The van der Waals surface area contributed by atoms with E-state index in [9.17, 15) is 0 Å². The normalized spacial score (nSPS) is 18.2. The van der Waals surface area contributed by atoms with E-state index in [4.69, 9.17) is 19.1 Å². The minimum absolute atomic E-state index is 0.0661. The topological polar surface area (TPSA) is 48.2 Å². The van der Waals surface area contributed by atoms with Gasteiger partial charge in [-0.2, -0.15) is 0 Å². The zero-order chi connectivity index (χ0) is 40.1. The van der Waals surface area contributed by atoms with Crippen molar-refractivity contribution in [1.82, 2.24) is 9.97 Å². The van der Waals surface area contributed by atoms with Crippen LogP contribution in [0.4, 0.5) is 0 Å². The Labute approximate surface area is 352 Å². The molecule has 10 aromatic rings. The van der Waals surface area contributed by atoms with Crippen molar-refractivity contribution >= 4 is 32.8 Å². The maximum absolute atomic E-state index is 6.77. The molecule has 8 aromatic carbocycles. The van der Waals surface area contributed by atoms with Crippen molar-refractivity contribution in [2.75, 3.05) is 0 Å². The van der Waals surface area contributed by atoms with Gasteiger partial charge in [0.15, 0.2) is 11.4 Å². The molecular formula is C57H36N2O2. The minimum Gasteiger partial charge on any atom is -0.485 e. The summed E-state index contributed by atoms with van der Waals surface area (Å²) in [5.41, 5.74) is 15.4. The van der Waals surface area contributed by atoms with E-state index < -0.39 is 5.41 Å². The number of fused-ring (bicyclic) bond motifs is 13. The molecule has 2 unspecified atom stereocenters. The standard InChI is InChI=1S/C57H36N2O2/c1-2-15-35(16-3-1)40-19-6-7-20-42(40)56-58-53(55-54(59-56)43-21-8-11-26-49(43)61-55)37-31-29-36(30-32-37)41-22-14-25-47-52(41)44-33-38-17-4-5-18-39(38)34-48(44)57(47)45-23-9-12-27-50(45)60-51-28-13-10-24-46(51)57/h1-34,45,50H/t45?,50-,57?/m0/s1. The van der Waals surface area contributed by atoms with E-state index in [1.807, 2.05) is 24.3 Å². The van der Waals surface area contributed by atoms with E-state index in [2.05, 4.69) is 182 Å². The van der Waals surface area contributed by atoms with Gasteiger partial charge in [-0.15, -0.1) is 0 Å². The third-order valence-electron chi connectivity index (χ3n) is 13.2. The second-order valence-electron chi connectivity index (χ2n) is 16.3. The van der Waals surface area contributed by atoms with Gasteiger partial charge in [0, 0.05) is 28.0 Å². The zero-order valence-electron chi connectivity index (χ0n) is 33.0. The third kappa shape index (κ3) is 4.93. The molecule has 13 rings (SSSR count). The Morgan fingerprint density at radius 3 is 2.03 bits per heavy atom. The highest BCUT2D eigenvalue weighted by atomic mass is 16.5. The summed E-state index contributed by atoms with van der Waals surface area (Å²) in [5, 5.41) is 3.44. The molecule has 2 aromatic heterocycles. The van der Waals surface area contributed by atoms with Crippen LogP contribution in [0.25, 0.3) is 88.9 Å². The largest absolute Gasteiger partial charge is 0.485 e. The van der Waals surface area contributed by atoms with Crippen LogP contribution in [0.1, 0.15) is 16.7 Å². The lowest BCUT2D eigenvalue weighted by molar-refractivity contribution is 0.141. The number of nitrogens with zero attached hydrogens (tertiary/aromatic N) is 2. The molecule has 0 saturated heterocycles. The lowest BCUT2D eigenvalue weighted by Gasteiger charge is -2.47. The van der Waals surface area contributed by atoms with E-state index in [1.54, 1.807) is 0 Å². The second-order valence-corrected chi connectivity index (χ2v) is 16.3. The summed E-state index contributed by atoms with van der Waals surface area (Å²) in [7, 11) is 0. The van der Waals surface area contributed by atoms with Gasteiger partial charge in [0.1, 0.15) is 28.6 Å². The van der Waals surface area contributed by atoms with Gasteiger partial charge in [-0.1, -0.05) is 170 Å². The molecule has 3 atom stereocenters. The molecule has 3 heterocycles. The van der Waals surface area contributed by atoms with Gasteiger partial charge in [-0.05, 0) is 91.7 Å². The number of aromatic nitrogens is 2. The summed E-state index contributed by atoms with van der Waals surface area (Å²) in [4.78, 5) is 10.5. The van der Waals surface area contributed by atoms with Crippen molar-refractivity contribution in [2.24, 2.45) is 5.92 Å². The van der Waals surface area contributed by atoms with Gasteiger partial charge in [0.25, 0.3) is 0 Å². The SMILES string of the molecule is C1=CC2[C@H](C=C1)Oc1ccccc1C21c2cc3ccccc3cc2-c2c(-c3ccc(-c4nc(-c5ccccc5-c5ccccc5)nc5c4oc4ccccc45)cc3)cccc21. The number of hydrogen-bond donors (Lipinski definition) is 0. The van der Waals surface area contributed by atoms with Crippen LogP contribution in [0.15, 0.2) is 211 Å². The van der Waals surface area contributed by atoms with Crippen LogP contribution in [0.3, 0.4) is 0 Å². The predicted molar refractivity (Wildman–Crippen MR) is 247 cm³/mol. The molecule has 0 radical (unpaired) electrons. The summed E-state index contributed by atoms with van der Waals surface area (Å²) in [6, 6.07) is 65.0. The number of ether oxygens (including phenoxy) is 1. The Morgan fingerprint density at radius 1 is 0.475 bits per heavy atom. The van der Waals surface area contributed by atoms with Gasteiger partial charge in [-0.25, -0.2) is 9.97 Å². The highest BCUT2D eigenvalue weighted by molar-refractivity contribution is 6.07. The monoisotopic (exact) mass is 780 g/mol. The maximum atomic E-state index is 6.77. The fraction of sp³-hybridized carbons (Fsp3) is 0.0526. The lowest BCUT2D eigenvalue weighted by Crippen LogP contribution is -2.47. The molecule has 2 aliphatic carbocycles. The smallest absolute Gasteiger partial charge is 0.180 e. The average molecular weight is 781 g/mol. The van der Waals surface area contributed by atoms with Gasteiger partial charge < -0.3 is 9.15 Å². The number of benzene rings is 8. The molecule has 0 amide bonds. The molecule has 0 saturated carbocycles. The van der Waals surface area contributed by atoms with Crippen molar-refractivity contribution < 1.29 is 9.15 Å². The Hall–Kier alpha value is -7.82. The van der Waals surface area contributed by atoms with Crippen LogP contribution in [0.2, 0.25) is 0 Å². The molecule has 1 aliphatic heterocycles. The maximum Gasteiger partial charge on any atom is 0.180 e. The third-order valence-corrected chi connectivity index (χ3v) is 13.2. The Morgan fingerprint density at radius 2 is 1.15 bits per heavy atom. The van der Waals surface area contributed by atoms with E-state index in [-0.39, 0.29) is 12.0 Å². The fourth-order valence-corrected chi connectivity index (χ4v) is 10.6. The van der Waals surface area contributed by atoms with Crippen molar-refractivity contribution in [2.45, 2.75) is 11.5 Å². The van der Waals surface area contributed by atoms with Crippen LogP contribution in [0.5, 0.6) is 5.75 Å². The highest BCUT2D eigenvalue weighted by Crippen LogP contribution is 2.63. The van der Waals surface area contributed by atoms with E-state index in [0.717, 1.165) is 55.7 Å². The van der Waals surface area contributed by atoms with Gasteiger partial charge in [0.2, 0.25) is 0 Å². The molecule has 1 spiro atoms. The van der Waals surface area contributed by atoms with Gasteiger partial charge in [-0.3, -0.25) is 0 Å². The van der Waals surface area contributed by atoms with Crippen molar-refractivity contribution in [3.05, 3.63) is 223 Å². The first kappa shape index (κ1) is 34.1. The summed E-state index contributed by atoms with van der Waals surface area (Å²) in [5.74, 6) is 1.67. The average Bonchev–Trinajstić information content (AvgIpc) is 3.84. The number of allylic oxidation sites excluding steroid dienone is 2. The zero-order valence-corrected chi connectivity index (χ0v) is 33.0. The summed E-state index contributed by atoms with van der Waals surface area (Å²) in [6.45, 7) is 0. The van der Waals surface area contributed by atoms with Crippen molar-refractivity contribution in [1.29, 1.82) is 0 Å². The molecule has 286 valence electrons. The molecule has 0 bridgehead atoms. The van der Waals surface area contributed by atoms with Crippen LogP contribution in [-0.4, -0.2) is 16.1 Å². The number of para-hydroxylation sites is 2. The predicted octanol–water partition coefficient (Wildman–Crippen LogP) is 14.0. The molecule has 4 heteroatoms. The number of furan rings is 1. The fourth-order valence-electron chi connectivity index (χ4n) is 10.6. The Balaban J connectivity index is 1.01. The highest BCUT2D eigenvalue weighted by Gasteiger charge is 2.56. The molecule has 0 fully saturated rings. The molecule has 4 nitrogen and oxygen atoms in total. The summed E-state index contributed by atoms with van der Waals surface area (Å²) in [6.07, 6.45) is 8.81. The molecule has 0 N–H and O–H groups in total. The van der Waals surface area contributed by atoms with Crippen molar-refractivity contribution in [3.63, 3.8) is 0 Å². The lowest BCUT2D eigenvalue weighted by atomic mass is 9.60. The van der Waals surface area contributed by atoms with E-state index in [0.29, 0.717) is 11.4 Å². The second kappa shape index (κ2) is 13.1.